The quantitative estimate of drug-likeness (QED) is 0.859. The zero-order valence-electron chi connectivity index (χ0n) is 10.1. The van der Waals surface area contributed by atoms with Crippen molar-refractivity contribution in [3.63, 3.8) is 0 Å². The summed E-state index contributed by atoms with van der Waals surface area (Å²) in [4.78, 5) is 15.1. The third kappa shape index (κ3) is 3.84. The summed E-state index contributed by atoms with van der Waals surface area (Å²) in [5, 5.41) is 2.66. The Morgan fingerprint density at radius 3 is 2.74 bits per heavy atom. The summed E-state index contributed by atoms with van der Waals surface area (Å²) < 4.78 is 25.5. The van der Waals surface area contributed by atoms with Crippen molar-refractivity contribution in [2.45, 2.75) is 6.42 Å². The molecular weight excluding hydrogens is 250 g/mol. The molecule has 0 saturated heterocycles. The summed E-state index contributed by atoms with van der Waals surface area (Å²) >= 11 is 0. The second kappa shape index (κ2) is 6.04. The minimum atomic E-state index is -0.628. The van der Waals surface area contributed by atoms with Gasteiger partial charge in [-0.3, -0.25) is 4.79 Å². The van der Waals surface area contributed by atoms with Crippen LogP contribution in [0, 0.1) is 11.8 Å². The molecule has 0 bridgehead atoms. The SMILES string of the molecule is O=C(NCCc1cccc(F)c1)c1ccc(F)nc1. The molecule has 0 aliphatic rings. The molecule has 0 aliphatic heterocycles. The minimum Gasteiger partial charge on any atom is -0.352 e. The molecule has 5 heteroatoms. The van der Waals surface area contributed by atoms with E-state index in [4.69, 9.17) is 0 Å². The van der Waals surface area contributed by atoms with Gasteiger partial charge in [-0.25, -0.2) is 9.37 Å². The minimum absolute atomic E-state index is 0.292. The van der Waals surface area contributed by atoms with Gasteiger partial charge in [0, 0.05) is 12.7 Å². The maximum Gasteiger partial charge on any atom is 0.252 e. The van der Waals surface area contributed by atoms with E-state index in [0.717, 1.165) is 11.6 Å². The van der Waals surface area contributed by atoms with Crippen molar-refractivity contribution in [3.05, 3.63) is 65.5 Å². The largest absolute Gasteiger partial charge is 0.352 e. The number of hydrogen-bond acceptors (Lipinski definition) is 2. The maximum absolute atomic E-state index is 12.9. The molecule has 98 valence electrons. The Balaban J connectivity index is 1.86. The van der Waals surface area contributed by atoms with Gasteiger partial charge in [-0.1, -0.05) is 12.1 Å². The summed E-state index contributed by atoms with van der Waals surface area (Å²) in [6.07, 6.45) is 1.70. The first-order valence-corrected chi connectivity index (χ1v) is 5.79. The molecule has 3 nitrogen and oxygen atoms in total. The lowest BCUT2D eigenvalue weighted by atomic mass is 10.1. The van der Waals surface area contributed by atoms with E-state index in [9.17, 15) is 13.6 Å². The van der Waals surface area contributed by atoms with Crippen LogP contribution in [0.5, 0.6) is 0 Å². The summed E-state index contributed by atoms with van der Waals surface area (Å²) in [5.41, 5.74) is 1.10. The number of benzene rings is 1. The molecule has 2 rings (SSSR count). The highest BCUT2D eigenvalue weighted by Crippen LogP contribution is 2.04. The first kappa shape index (κ1) is 13.1. The molecule has 2 aromatic rings. The number of carbonyl (C=O) groups is 1. The van der Waals surface area contributed by atoms with Crippen molar-refractivity contribution < 1.29 is 13.6 Å². The van der Waals surface area contributed by atoms with E-state index in [-0.39, 0.29) is 11.7 Å². The molecule has 1 heterocycles. The highest BCUT2D eigenvalue weighted by molar-refractivity contribution is 5.93. The van der Waals surface area contributed by atoms with Crippen molar-refractivity contribution >= 4 is 5.91 Å². The average Bonchev–Trinajstić information content (AvgIpc) is 2.39. The molecule has 0 aliphatic carbocycles. The molecule has 0 spiro atoms. The normalized spacial score (nSPS) is 10.2. The number of nitrogens with one attached hydrogen (secondary N) is 1. The molecule has 0 saturated carbocycles. The van der Waals surface area contributed by atoms with E-state index >= 15 is 0 Å². The van der Waals surface area contributed by atoms with E-state index in [1.807, 2.05) is 0 Å². The summed E-state index contributed by atoms with van der Waals surface area (Å²) in [6.45, 7) is 0.375. The van der Waals surface area contributed by atoms with Gasteiger partial charge in [0.25, 0.3) is 5.91 Å². The molecule has 0 radical (unpaired) electrons. The van der Waals surface area contributed by atoms with Crippen LogP contribution in [0.15, 0.2) is 42.6 Å². The molecule has 1 aromatic heterocycles. The number of rotatable bonds is 4. The lowest BCUT2D eigenvalue weighted by Gasteiger charge is -2.05. The first-order chi connectivity index (χ1) is 9.15. The topological polar surface area (TPSA) is 42.0 Å². The number of pyridine rings is 1. The van der Waals surface area contributed by atoms with Crippen LogP contribution in [0.1, 0.15) is 15.9 Å². The molecule has 1 aromatic carbocycles. The van der Waals surface area contributed by atoms with Gasteiger partial charge in [-0.15, -0.1) is 0 Å². The predicted molar refractivity (Wildman–Crippen MR) is 66.6 cm³/mol. The number of hydrogen-bond donors (Lipinski definition) is 1. The number of nitrogens with zero attached hydrogens (tertiary/aromatic N) is 1. The van der Waals surface area contributed by atoms with Crippen molar-refractivity contribution in [1.29, 1.82) is 0 Å². The van der Waals surface area contributed by atoms with Crippen LogP contribution in [-0.2, 0) is 6.42 Å². The highest BCUT2D eigenvalue weighted by atomic mass is 19.1. The van der Waals surface area contributed by atoms with Crippen LogP contribution < -0.4 is 5.32 Å². The van der Waals surface area contributed by atoms with E-state index in [2.05, 4.69) is 10.3 Å². The third-order valence-corrected chi connectivity index (χ3v) is 2.58. The summed E-state index contributed by atoms with van der Waals surface area (Å²) in [7, 11) is 0. The van der Waals surface area contributed by atoms with E-state index in [1.54, 1.807) is 12.1 Å². The van der Waals surface area contributed by atoms with Gasteiger partial charge in [-0.05, 0) is 36.2 Å². The number of halogens is 2. The van der Waals surface area contributed by atoms with Gasteiger partial charge in [0.05, 0.1) is 5.56 Å². The van der Waals surface area contributed by atoms with Gasteiger partial charge >= 0.3 is 0 Å². The fourth-order valence-corrected chi connectivity index (χ4v) is 1.63. The molecule has 0 atom stereocenters. The Kier molecular flexibility index (Phi) is 4.18. The Hall–Kier alpha value is -2.30. The Bertz CT molecular complexity index is 570. The molecule has 1 amide bonds. The fourth-order valence-electron chi connectivity index (χ4n) is 1.63. The number of carbonyl (C=O) groups excluding carboxylic acids is 1. The van der Waals surface area contributed by atoms with Crippen molar-refractivity contribution in [1.82, 2.24) is 10.3 Å². The van der Waals surface area contributed by atoms with Crippen LogP contribution >= 0.6 is 0 Å². The fraction of sp³-hybridized carbons (Fsp3) is 0.143. The van der Waals surface area contributed by atoms with Crippen LogP contribution in [-0.4, -0.2) is 17.4 Å². The third-order valence-electron chi connectivity index (χ3n) is 2.58. The molecule has 0 unspecified atom stereocenters. The number of amides is 1. The van der Waals surface area contributed by atoms with Gasteiger partial charge < -0.3 is 5.32 Å². The molecular formula is C14H12F2N2O. The van der Waals surface area contributed by atoms with Gasteiger partial charge in [0.2, 0.25) is 5.95 Å². The second-order valence-electron chi connectivity index (χ2n) is 4.01. The second-order valence-corrected chi connectivity index (χ2v) is 4.01. The Labute approximate surface area is 109 Å². The first-order valence-electron chi connectivity index (χ1n) is 5.79. The highest BCUT2D eigenvalue weighted by Gasteiger charge is 2.05. The predicted octanol–water partition coefficient (Wildman–Crippen LogP) is 2.33. The monoisotopic (exact) mass is 262 g/mol. The average molecular weight is 262 g/mol. The van der Waals surface area contributed by atoms with Crippen molar-refractivity contribution in [2.24, 2.45) is 0 Å². The maximum atomic E-state index is 12.9. The van der Waals surface area contributed by atoms with Crippen molar-refractivity contribution in [2.75, 3.05) is 6.54 Å². The van der Waals surface area contributed by atoms with Gasteiger partial charge in [0.1, 0.15) is 5.82 Å². The lowest BCUT2D eigenvalue weighted by molar-refractivity contribution is 0.0953. The van der Waals surface area contributed by atoms with Crippen LogP contribution in [0.2, 0.25) is 0 Å². The van der Waals surface area contributed by atoms with E-state index < -0.39 is 5.95 Å². The zero-order chi connectivity index (χ0) is 13.7. The van der Waals surface area contributed by atoms with Crippen molar-refractivity contribution in [3.8, 4) is 0 Å². The standard InChI is InChI=1S/C14H12F2N2O/c15-12-3-1-2-10(8-12)6-7-17-14(19)11-4-5-13(16)18-9-11/h1-5,8-9H,6-7H2,(H,17,19). The Morgan fingerprint density at radius 1 is 1.21 bits per heavy atom. The molecule has 19 heavy (non-hydrogen) atoms. The summed E-state index contributed by atoms with van der Waals surface area (Å²) in [5.74, 6) is -1.26. The molecule has 1 N–H and O–H groups in total. The van der Waals surface area contributed by atoms with Crippen LogP contribution in [0.3, 0.4) is 0 Å². The van der Waals surface area contributed by atoms with Crippen LogP contribution in [0.25, 0.3) is 0 Å². The van der Waals surface area contributed by atoms with Gasteiger partial charge in [0.15, 0.2) is 0 Å². The smallest absolute Gasteiger partial charge is 0.252 e. The Morgan fingerprint density at radius 2 is 2.05 bits per heavy atom. The zero-order valence-corrected chi connectivity index (χ0v) is 10.1. The van der Waals surface area contributed by atoms with Gasteiger partial charge in [-0.2, -0.15) is 4.39 Å². The van der Waals surface area contributed by atoms with E-state index in [1.165, 1.54) is 24.4 Å². The lowest BCUT2D eigenvalue weighted by Crippen LogP contribution is -2.25. The molecule has 0 fully saturated rings. The van der Waals surface area contributed by atoms with E-state index in [0.29, 0.717) is 18.5 Å². The summed E-state index contributed by atoms with van der Waals surface area (Å²) in [6, 6.07) is 8.68. The number of aromatic nitrogens is 1. The van der Waals surface area contributed by atoms with Crippen LogP contribution in [0.4, 0.5) is 8.78 Å².